The minimum atomic E-state index is -0.0849. The van der Waals surface area contributed by atoms with Crippen LogP contribution in [0.1, 0.15) is 33.6 Å². The normalized spacial score (nSPS) is 11.3. The third-order valence-electron chi connectivity index (χ3n) is 1.67. The van der Waals surface area contributed by atoms with E-state index in [0.29, 0.717) is 0 Å². The van der Waals surface area contributed by atoms with E-state index in [1.54, 1.807) is 0 Å². The number of rotatable bonds is 4. The molecule has 0 aliphatic carbocycles. The maximum absolute atomic E-state index is 5.81. The zero-order valence-electron chi connectivity index (χ0n) is 7.91. The Balaban J connectivity index is 3.73. The van der Waals surface area contributed by atoms with Gasteiger partial charge in [0, 0.05) is 5.54 Å². The lowest BCUT2D eigenvalue weighted by Crippen LogP contribution is -2.31. The third-order valence-corrected chi connectivity index (χ3v) is 1.67. The smallest absolute Gasteiger partial charge is 0.0100 e. The van der Waals surface area contributed by atoms with Gasteiger partial charge in [0.25, 0.3) is 0 Å². The second-order valence-corrected chi connectivity index (χ2v) is 3.87. The number of hydrogen-bond acceptors (Lipinski definition) is 1. The Labute approximate surface area is 70.0 Å². The van der Waals surface area contributed by atoms with Crippen LogP contribution >= 0.6 is 0 Å². The molecule has 1 heteroatoms. The van der Waals surface area contributed by atoms with Crippen LogP contribution in [0.5, 0.6) is 0 Å². The molecule has 64 valence electrons. The van der Waals surface area contributed by atoms with Crippen LogP contribution in [0.3, 0.4) is 0 Å². The Morgan fingerprint density at radius 2 is 1.82 bits per heavy atom. The summed E-state index contributed by atoms with van der Waals surface area (Å²) in [6.45, 7) is 13.7. The Bertz CT molecular complexity index is 160. The first-order chi connectivity index (χ1) is 4.83. The van der Waals surface area contributed by atoms with E-state index >= 15 is 0 Å². The summed E-state index contributed by atoms with van der Waals surface area (Å²) in [7, 11) is 0. The molecule has 0 unspecified atom stereocenters. The van der Waals surface area contributed by atoms with Crippen molar-refractivity contribution in [3.8, 4) is 0 Å². The maximum Gasteiger partial charge on any atom is 0.0100 e. The van der Waals surface area contributed by atoms with Gasteiger partial charge in [0.1, 0.15) is 0 Å². The molecule has 0 amide bonds. The Kier molecular flexibility index (Phi) is 3.53. The van der Waals surface area contributed by atoms with Crippen LogP contribution in [0.15, 0.2) is 24.3 Å². The number of allylic oxidation sites excluding steroid dienone is 2. The molecule has 0 heterocycles. The van der Waals surface area contributed by atoms with Crippen LogP contribution in [-0.2, 0) is 0 Å². The van der Waals surface area contributed by atoms with Crippen molar-refractivity contribution in [3.63, 3.8) is 0 Å². The first-order valence-corrected chi connectivity index (χ1v) is 3.95. The van der Waals surface area contributed by atoms with Crippen LogP contribution in [-0.4, -0.2) is 5.54 Å². The molecule has 0 aromatic rings. The maximum atomic E-state index is 5.81. The highest BCUT2D eigenvalue weighted by molar-refractivity contribution is 5.22. The highest BCUT2D eigenvalue weighted by atomic mass is 14.7. The summed E-state index contributed by atoms with van der Waals surface area (Å²) >= 11 is 0. The molecule has 0 aromatic heterocycles. The molecule has 0 aliphatic rings. The topological polar surface area (TPSA) is 26.0 Å². The first kappa shape index (κ1) is 10.4. The quantitative estimate of drug-likeness (QED) is 0.617. The molecule has 0 spiro atoms. The van der Waals surface area contributed by atoms with Gasteiger partial charge in [-0.1, -0.05) is 24.3 Å². The molecule has 0 bridgehead atoms. The fourth-order valence-electron chi connectivity index (χ4n) is 0.686. The molecule has 11 heavy (non-hydrogen) atoms. The van der Waals surface area contributed by atoms with Gasteiger partial charge in [0.15, 0.2) is 0 Å². The van der Waals surface area contributed by atoms with E-state index in [2.05, 4.69) is 13.2 Å². The molecule has 2 N–H and O–H groups in total. The molecule has 0 aliphatic heterocycles. The standard InChI is InChI=1S/C10H19N/c1-8(2)9(3)6-7-10(4,5)11/h1,3,6-7,11H2,2,4-5H3. The Morgan fingerprint density at radius 3 is 2.09 bits per heavy atom. The summed E-state index contributed by atoms with van der Waals surface area (Å²) in [6, 6.07) is 0. The van der Waals surface area contributed by atoms with E-state index in [1.165, 1.54) is 0 Å². The van der Waals surface area contributed by atoms with Gasteiger partial charge in [0.05, 0.1) is 0 Å². The molecule has 0 rings (SSSR count). The van der Waals surface area contributed by atoms with Gasteiger partial charge < -0.3 is 5.73 Å². The van der Waals surface area contributed by atoms with Crippen LogP contribution in [0.2, 0.25) is 0 Å². The van der Waals surface area contributed by atoms with E-state index in [0.717, 1.165) is 24.0 Å². The minimum absolute atomic E-state index is 0.0849. The van der Waals surface area contributed by atoms with Crippen LogP contribution in [0.25, 0.3) is 0 Å². The van der Waals surface area contributed by atoms with Crippen molar-refractivity contribution in [1.29, 1.82) is 0 Å². The average molecular weight is 153 g/mol. The fraction of sp³-hybridized carbons (Fsp3) is 0.600. The Morgan fingerprint density at radius 1 is 1.36 bits per heavy atom. The molecule has 0 saturated heterocycles. The van der Waals surface area contributed by atoms with Crippen molar-refractivity contribution in [2.24, 2.45) is 5.73 Å². The highest BCUT2D eigenvalue weighted by Crippen LogP contribution is 2.16. The SMILES string of the molecule is C=C(C)C(=C)CCC(C)(C)N. The zero-order chi connectivity index (χ0) is 9.07. The van der Waals surface area contributed by atoms with Crippen molar-refractivity contribution in [3.05, 3.63) is 24.3 Å². The van der Waals surface area contributed by atoms with Crippen molar-refractivity contribution >= 4 is 0 Å². The van der Waals surface area contributed by atoms with Gasteiger partial charge in [-0.15, -0.1) is 0 Å². The summed E-state index contributed by atoms with van der Waals surface area (Å²) in [5.74, 6) is 0. The van der Waals surface area contributed by atoms with Gasteiger partial charge in [-0.05, 0) is 33.6 Å². The van der Waals surface area contributed by atoms with Crippen LogP contribution in [0, 0.1) is 0 Å². The molecular formula is C10H19N. The summed E-state index contributed by atoms with van der Waals surface area (Å²) in [5, 5.41) is 0. The minimum Gasteiger partial charge on any atom is -0.326 e. The molecule has 0 aromatic carbocycles. The molecule has 0 radical (unpaired) electrons. The average Bonchev–Trinajstić information content (AvgIpc) is 1.80. The first-order valence-electron chi connectivity index (χ1n) is 3.95. The van der Waals surface area contributed by atoms with Gasteiger partial charge in [-0.3, -0.25) is 0 Å². The largest absolute Gasteiger partial charge is 0.326 e. The van der Waals surface area contributed by atoms with Crippen molar-refractivity contribution in [2.45, 2.75) is 39.2 Å². The lowest BCUT2D eigenvalue weighted by molar-refractivity contribution is 0.477. The monoisotopic (exact) mass is 153 g/mol. The third kappa shape index (κ3) is 5.86. The van der Waals surface area contributed by atoms with Crippen molar-refractivity contribution < 1.29 is 0 Å². The summed E-state index contributed by atoms with van der Waals surface area (Å²) < 4.78 is 0. The molecule has 0 saturated carbocycles. The highest BCUT2D eigenvalue weighted by Gasteiger charge is 2.10. The summed E-state index contributed by atoms with van der Waals surface area (Å²) in [5.41, 5.74) is 7.91. The predicted molar refractivity (Wildman–Crippen MR) is 51.5 cm³/mol. The van der Waals surface area contributed by atoms with Crippen molar-refractivity contribution in [2.75, 3.05) is 0 Å². The van der Waals surface area contributed by atoms with Crippen LogP contribution in [0.4, 0.5) is 0 Å². The van der Waals surface area contributed by atoms with Gasteiger partial charge in [-0.2, -0.15) is 0 Å². The number of hydrogen-bond donors (Lipinski definition) is 1. The Hall–Kier alpha value is -0.560. The predicted octanol–water partition coefficient (Wildman–Crippen LogP) is 2.64. The lowest BCUT2D eigenvalue weighted by atomic mass is 9.95. The van der Waals surface area contributed by atoms with E-state index in [4.69, 9.17) is 5.73 Å². The summed E-state index contributed by atoms with van der Waals surface area (Å²) in [4.78, 5) is 0. The van der Waals surface area contributed by atoms with Gasteiger partial charge >= 0.3 is 0 Å². The van der Waals surface area contributed by atoms with Crippen LogP contribution < -0.4 is 5.73 Å². The second-order valence-electron chi connectivity index (χ2n) is 3.87. The second kappa shape index (κ2) is 3.72. The molecule has 1 nitrogen and oxygen atoms in total. The van der Waals surface area contributed by atoms with E-state index in [9.17, 15) is 0 Å². The zero-order valence-corrected chi connectivity index (χ0v) is 7.91. The van der Waals surface area contributed by atoms with Gasteiger partial charge in [0.2, 0.25) is 0 Å². The van der Waals surface area contributed by atoms with Gasteiger partial charge in [-0.25, -0.2) is 0 Å². The molecular weight excluding hydrogens is 134 g/mol. The summed E-state index contributed by atoms with van der Waals surface area (Å²) in [6.07, 6.45) is 1.93. The van der Waals surface area contributed by atoms with E-state index < -0.39 is 0 Å². The molecule has 0 atom stereocenters. The van der Waals surface area contributed by atoms with E-state index in [1.807, 2.05) is 20.8 Å². The number of nitrogens with two attached hydrogens (primary N) is 1. The van der Waals surface area contributed by atoms with Crippen molar-refractivity contribution in [1.82, 2.24) is 0 Å². The fourth-order valence-corrected chi connectivity index (χ4v) is 0.686. The lowest BCUT2D eigenvalue weighted by Gasteiger charge is -2.18. The van der Waals surface area contributed by atoms with E-state index in [-0.39, 0.29) is 5.54 Å². The molecule has 0 fully saturated rings.